The van der Waals surface area contributed by atoms with Crippen LogP contribution in [0, 0.1) is 0 Å². The minimum Gasteiger partial charge on any atom is -0.396 e. The number of aromatic nitrogens is 3. The minimum atomic E-state index is 0.614. The van der Waals surface area contributed by atoms with Crippen LogP contribution in [0.15, 0.2) is 30.5 Å². The van der Waals surface area contributed by atoms with Gasteiger partial charge in [0.25, 0.3) is 0 Å². The van der Waals surface area contributed by atoms with E-state index in [0.29, 0.717) is 10.7 Å². The normalized spacial score (nSPS) is 11.1. The number of H-pyrrole nitrogens is 2. The largest absolute Gasteiger partial charge is 0.396 e. The summed E-state index contributed by atoms with van der Waals surface area (Å²) < 4.78 is 0. The molecule has 16 heavy (non-hydrogen) atoms. The Labute approximate surface area is 96.4 Å². The Morgan fingerprint density at radius 1 is 1.31 bits per heavy atom. The SMILES string of the molecule is Nc1cn[nH]c1-c1cc2cccc(Cl)c2[nH]1. The number of nitrogens with one attached hydrogen (secondary N) is 2. The van der Waals surface area contributed by atoms with Gasteiger partial charge in [0.15, 0.2) is 0 Å². The number of halogens is 1. The summed E-state index contributed by atoms with van der Waals surface area (Å²) in [7, 11) is 0. The zero-order valence-corrected chi connectivity index (χ0v) is 9.05. The van der Waals surface area contributed by atoms with E-state index in [-0.39, 0.29) is 0 Å². The molecule has 80 valence electrons. The van der Waals surface area contributed by atoms with Gasteiger partial charge < -0.3 is 10.7 Å². The van der Waals surface area contributed by atoms with Gasteiger partial charge in [-0.2, -0.15) is 5.10 Å². The van der Waals surface area contributed by atoms with Gasteiger partial charge in [-0.3, -0.25) is 5.10 Å². The number of hydrogen-bond acceptors (Lipinski definition) is 2. The molecule has 0 saturated heterocycles. The first kappa shape index (κ1) is 9.30. The molecule has 2 heterocycles. The second-order valence-corrected chi connectivity index (χ2v) is 3.99. The molecule has 0 fully saturated rings. The van der Waals surface area contributed by atoms with E-state index in [0.717, 1.165) is 22.3 Å². The quantitative estimate of drug-likeness (QED) is 0.604. The van der Waals surface area contributed by atoms with Crippen molar-refractivity contribution >= 4 is 28.2 Å². The second kappa shape index (κ2) is 3.28. The van der Waals surface area contributed by atoms with E-state index >= 15 is 0 Å². The monoisotopic (exact) mass is 232 g/mol. The van der Waals surface area contributed by atoms with Crippen LogP contribution < -0.4 is 5.73 Å². The standard InChI is InChI=1S/C11H9ClN4/c12-7-3-1-2-6-4-9(15-10(6)7)11-8(13)5-14-16-11/h1-5,15H,13H2,(H,14,16). The average molecular weight is 233 g/mol. The van der Waals surface area contributed by atoms with Crippen molar-refractivity contribution < 1.29 is 0 Å². The second-order valence-electron chi connectivity index (χ2n) is 3.59. The third-order valence-corrected chi connectivity index (χ3v) is 2.86. The highest BCUT2D eigenvalue weighted by Gasteiger charge is 2.09. The minimum absolute atomic E-state index is 0.614. The fourth-order valence-corrected chi connectivity index (χ4v) is 1.99. The maximum absolute atomic E-state index is 6.08. The Morgan fingerprint density at radius 2 is 2.19 bits per heavy atom. The molecule has 0 bridgehead atoms. The van der Waals surface area contributed by atoms with Crippen LogP contribution in [0.2, 0.25) is 5.02 Å². The summed E-state index contributed by atoms with van der Waals surface area (Å²) in [4.78, 5) is 3.22. The number of hydrogen-bond donors (Lipinski definition) is 3. The number of benzene rings is 1. The van der Waals surface area contributed by atoms with Crippen molar-refractivity contribution in [2.24, 2.45) is 0 Å². The van der Waals surface area contributed by atoms with E-state index < -0.39 is 0 Å². The van der Waals surface area contributed by atoms with Crippen LogP contribution in [0.25, 0.3) is 22.3 Å². The Balaban J connectivity index is 2.27. The summed E-state index contributed by atoms with van der Waals surface area (Å²) in [6.07, 6.45) is 1.59. The number of anilines is 1. The van der Waals surface area contributed by atoms with Crippen molar-refractivity contribution in [2.45, 2.75) is 0 Å². The molecule has 0 aliphatic heterocycles. The maximum Gasteiger partial charge on any atom is 0.104 e. The van der Waals surface area contributed by atoms with Crippen molar-refractivity contribution in [3.8, 4) is 11.4 Å². The first-order valence-electron chi connectivity index (χ1n) is 4.82. The topological polar surface area (TPSA) is 70.5 Å². The van der Waals surface area contributed by atoms with E-state index in [4.69, 9.17) is 17.3 Å². The molecule has 3 aromatic rings. The van der Waals surface area contributed by atoms with Crippen molar-refractivity contribution in [3.05, 3.63) is 35.5 Å². The number of rotatable bonds is 1. The molecule has 4 nitrogen and oxygen atoms in total. The summed E-state index contributed by atoms with van der Waals surface area (Å²) in [6, 6.07) is 7.75. The third-order valence-electron chi connectivity index (χ3n) is 2.54. The van der Waals surface area contributed by atoms with Gasteiger partial charge >= 0.3 is 0 Å². The van der Waals surface area contributed by atoms with E-state index in [1.807, 2.05) is 24.3 Å². The number of aromatic amines is 2. The summed E-state index contributed by atoms with van der Waals surface area (Å²) in [5.74, 6) is 0. The molecule has 2 aromatic heterocycles. The van der Waals surface area contributed by atoms with Crippen LogP contribution >= 0.6 is 11.6 Å². The van der Waals surface area contributed by atoms with Gasteiger partial charge in [-0.15, -0.1) is 0 Å². The van der Waals surface area contributed by atoms with Gasteiger partial charge in [0.2, 0.25) is 0 Å². The van der Waals surface area contributed by atoms with Crippen LogP contribution in [-0.4, -0.2) is 15.2 Å². The molecule has 1 aromatic carbocycles. The van der Waals surface area contributed by atoms with Gasteiger partial charge in [-0.05, 0) is 12.1 Å². The lowest BCUT2D eigenvalue weighted by Gasteiger charge is -1.94. The molecule has 0 spiro atoms. The van der Waals surface area contributed by atoms with Crippen LogP contribution in [0.3, 0.4) is 0 Å². The summed E-state index contributed by atoms with van der Waals surface area (Å²) in [5, 5.41) is 8.49. The van der Waals surface area contributed by atoms with Crippen LogP contribution in [0.5, 0.6) is 0 Å². The molecule has 0 atom stereocenters. The Bertz CT molecular complexity index is 653. The lowest BCUT2D eigenvalue weighted by molar-refractivity contribution is 1.09. The number of nitrogen functional groups attached to an aromatic ring is 1. The van der Waals surface area contributed by atoms with Crippen LogP contribution in [-0.2, 0) is 0 Å². The third kappa shape index (κ3) is 1.27. The molecule has 0 aliphatic rings. The molecule has 0 aliphatic carbocycles. The van der Waals surface area contributed by atoms with Gasteiger partial charge in [-0.25, -0.2) is 0 Å². The van der Waals surface area contributed by atoms with E-state index in [1.165, 1.54) is 0 Å². The van der Waals surface area contributed by atoms with Gasteiger partial charge in [-0.1, -0.05) is 23.7 Å². The number of para-hydroxylation sites is 1. The molecule has 3 rings (SSSR count). The Kier molecular flexibility index (Phi) is 1.91. The Morgan fingerprint density at radius 3 is 2.88 bits per heavy atom. The highest BCUT2D eigenvalue weighted by atomic mass is 35.5. The highest BCUT2D eigenvalue weighted by molar-refractivity contribution is 6.35. The fraction of sp³-hybridized carbons (Fsp3) is 0. The number of nitrogens with zero attached hydrogens (tertiary/aromatic N) is 1. The molecule has 0 unspecified atom stereocenters. The first-order valence-corrected chi connectivity index (χ1v) is 5.20. The predicted octanol–water partition coefficient (Wildman–Crippen LogP) is 2.79. The van der Waals surface area contributed by atoms with E-state index in [2.05, 4.69) is 15.2 Å². The fourth-order valence-electron chi connectivity index (χ4n) is 1.77. The number of fused-ring (bicyclic) bond motifs is 1. The van der Waals surface area contributed by atoms with Gasteiger partial charge in [0.1, 0.15) is 5.69 Å². The molecule has 0 saturated carbocycles. The molecular formula is C11H9ClN4. The molecule has 5 heteroatoms. The summed E-state index contributed by atoms with van der Waals surface area (Å²) in [6.45, 7) is 0. The lowest BCUT2D eigenvalue weighted by atomic mass is 10.2. The zero-order valence-electron chi connectivity index (χ0n) is 8.29. The maximum atomic E-state index is 6.08. The van der Waals surface area contributed by atoms with Crippen LogP contribution in [0.1, 0.15) is 0 Å². The van der Waals surface area contributed by atoms with E-state index in [9.17, 15) is 0 Å². The Hall–Kier alpha value is -1.94. The molecular weight excluding hydrogens is 224 g/mol. The lowest BCUT2D eigenvalue weighted by Crippen LogP contribution is -1.86. The molecule has 0 radical (unpaired) electrons. The van der Waals surface area contributed by atoms with Gasteiger partial charge in [0.05, 0.1) is 28.1 Å². The van der Waals surface area contributed by atoms with Crippen LogP contribution in [0.4, 0.5) is 5.69 Å². The van der Waals surface area contributed by atoms with Crippen molar-refractivity contribution in [3.63, 3.8) is 0 Å². The summed E-state index contributed by atoms with van der Waals surface area (Å²) >= 11 is 6.08. The smallest absolute Gasteiger partial charge is 0.104 e. The molecule has 0 amide bonds. The molecule has 4 N–H and O–H groups in total. The average Bonchev–Trinajstić information content (AvgIpc) is 2.84. The predicted molar refractivity (Wildman–Crippen MR) is 65.3 cm³/mol. The zero-order chi connectivity index (χ0) is 11.1. The highest BCUT2D eigenvalue weighted by Crippen LogP contribution is 2.29. The van der Waals surface area contributed by atoms with Crippen molar-refractivity contribution in [2.75, 3.05) is 5.73 Å². The van der Waals surface area contributed by atoms with Gasteiger partial charge in [0, 0.05) is 5.39 Å². The van der Waals surface area contributed by atoms with Crippen molar-refractivity contribution in [1.29, 1.82) is 0 Å². The van der Waals surface area contributed by atoms with E-state index in [1.54, 1.807) is 6.20 Å². The van der Waals surface area contributed by atoms with Crippen molar-refractivity contribution in [1.82, 2.24) is 15.2 Å². The summed E-state index contributed by atoms with van der Waals surface area (Å²) in [5.41, 5.74) is 8.98. The number of nitrogens with two attached hydrogens (primary N) is 1. The first-order chi connectivity index (χ1) is 7.75.